The number of hydrogen-bond acceptors (Lipinski definition) is 3. The molecule has 3 heteroatoms. The number of carbonyl (C=O) groups excluding carboxylic acids is 1. The number of nitriles is 1. The lowest BCUT2D eigenvalue weighted by molar-refractivity contribution is -0.116. The van der Waals surface area contributed by atoms with Crippen LogP contribution >= 0.6 is 0 Å². The second kappa shape index (κ2) is 6.20. The van der Waals surface area contributed by atoms with Crippen LogP contribution in [0.2, 0.25) is 0 Å². The molecule has 0 N–H and O–H groups in total. The number of carbonyl (C=O) groups is 1. The third-order valence-corrected chi connectivity index (χ3v) is 2.67. The molecule has 3 nitrogen and oxygen atoms in total. The van der Waals surface area contributed by atoms with Crippen molar-refractivity contribution in [1.82, 2.24) is 0 Å². The fourth-order valence-electron chi connectivity index (χ4n) is 1.47. The van der Waals surface area contributed by atoms with Crippen LogP contribution < -0.4 is 4.74 Å². The van der Waals surface area contributed by atoms with Crippen LogP contribution in [-0.2, 0) is 11.2 Å². The molecule has 18 heavy (non-hydrogen) atoms. The molecule has 0 amide bonds. The van der Waals surface area contributed by atoms with E-state index in [-0.39, 0.29) is 11.2 Å². The maximum atomic E-state index is 11.0. The van der Waals surface area contributed by atoms with E-state index in [4.69, 9.17) is 10.00 Å². The van der Waals surface area contributed by atoms with Gasteiger partial charge in [0.2, 0.25) is 0 Å². The molecule has 0 bridgehead atoms. The first-order valence-electron chi connectivity index (χ1n) is 6.05. The summed E-state index contributed by atoms with van der Waals surface area (Å²) >= 11 is 0. The summed E-state index contributed by atoms with van der Waals surface area (Å²) in [6.45, 7) is 5.89. The largest absolute Gasteiger partial charge is 0.494 e. The molecule has 0 aromatic heterocycles. The van der Waals surface area contributed by atoms with Crippen molar-refractivity contribution in [3.8, 4) is 11.8 Å². The first kappa shape index (κ1) is 14.2. The number of hydrogen-bond donors (Lipinski definition) is 0. The summed E-state index contributed by atoms with van der Waals surface area (Å²) in [7, 11) is 0. The van der Waals surface area contributed by atoms with Crippen LogP contribution in [-0.4, -0.2) is 12.4 Å². The molecule has 0 atom stereocenters. The lowest BCUT2D eigenvalue weighted by Gasteiger charge is -2.15. The van der Waals surface area contributed by atoms with E-state index < -0.39 is 0 Å². The number of ketones is 1. The SMILES string of the molecule is CC(=O)Cc1ccc(OCCC(C)(C)C#N)cc1. The smallest absolute Gasteiger partial charge is 0.134 e. The predicted molar refractivity (Wildman–Crippen MR) is 70.3 cm³/mol. The number of rotatable bonds is 6. The van der Waals surface area contributed by atoms with Crippen molar-refractivity contribution in [2.24, 2.45) is 5.41 Å². The quantitative estimate of drug-likeness (QED) is 0.773. The van der Waals surface area contributed by atoms with Crippen molar-refractivity contribution < 1.29 is 9.53 Å². The third-order valence-electron chi connectivity index (χ3n) is 2.67. The van der Waals surface area contributed by atoms with Gasteiger partial charge in [-0.15, -0.1) is 0 Å². The zero-order valence-corrected chi connectivity index (χ0v) is 11.2. The van der Waals surface area contributed by atoms with Crippen molar-refractivity contribution in [2.45, 2.75) is 33.6 Å². The van der Waals surface area contributed by atoms with Gasteiger partial charge in [-0.2, -0.15) is 5.26 Å². The molecule has 0 unspecified atom stereocenters. The van der Waals surface area contributed by atoms with Crippen molar-refractivity contribution in [2.75, 3.05) is 6.61 Å². The van der Waals surface area contributed by atoms with Crippen LogP contribution in [0.3, 0.4) is 0 Å². The molecule has 0 fully saturated rings. The molecule has 0 spiro atoms. The van der Waals surface area contributed by atoms with E-state index in [0.717, 1.165) is 11.3 Å². The van der Waals surface area contributed by atoms with Crippen LogP contribution in [0.15, 0.2) is 24.3 Å². The highest BCUT2D eigenvalue weighted by atomic mass is 16.5. The lowest BCUT2D eigenvalue weighted by atomic mass is 9.92. The molecule has 0 aliphatic heterocycles. The minimum atomic E-state index is -0.353. The van der Waals surface area contributed by atoms with Gasteiger partial charge in [-0.3, -0.25) is 4.79 Å². The van der Waals surface area contributed by atoms with Gasteiger partial charge in [0.1, 0.15) is 11.5 Å². The van der Waals surface area contributed by atoms with Crippen molar-refractivity contribution in [3.05, 3.63) is 29.8 Å². The van der Waals surface area contributed by atoms with Crippen LogP contribution in [0, 0.1) is 16.7 Å². The monoisotopic (exact) mass is 245 g/mol. The number of ether oxygens (including phenoxy) is 1. The normalized spacial score (nSPS) is 10.8. The molecule has 96 valence electrons. The third kappa shape index (κ3) is 5.01. The summed E-state index contributed by atoms with van der Waals surface area (Å²) in [4.78, 5) is 11.0. The zero-order chi connectivity index (χ0) is 13.6. The van der Waals surface area contributed by atoms with E-state index >= 15 is 0 Å². The van der Waals surface area contributed by atoms with E-state index in [1.54, 1.807) is 6.92 Å². The summed E-state index contributed by atoms with van der Waals surface area (Å²) in [5, 5.41) is 8.87. The van der Waals surface area contributed by atoms with Gasteiger partial charge in [-0.1, -0.05) is 12.1 Å². The summed E-state index contributed by atoms with van der Waals surface area (Å²) in [6.07, 6.45) is 1.15. The Morgan fingerprint density at radius 1 is 1.33 bits per heavy atom. The van der Waals surface area contributed by atoms with E-state index in [1.807, 2.05) is 38.1 Å². The molecule has 0 aliphatic carbocycles. The van der Waals surface area contributed by atoms with Crippen LogP contribution in [0.25, 0.3) is 0 Å². The van der Waals surface area contributed by atoms with Gasteiger partial charge in [0.15, 0.2) is 0 Å². The van der Waals surface area contributed by atoms with E-state index in [1.165, 1.54) is 0 Å². The van der Waals surface area contributed by atoms with Crippen molar-refractivity contribution in [1.29, 1.82) is 5.26 Å². The summed E-state index contributed by atoms with van der Waals surface area (Å²) < 4.78 is 5.57. The molecule has 0 aliphatic rings. The number of Topliss-reactive ketones (excluding diaryl/α,β-unsaturated/α-hetero) is 1. The second-order valence-electron chi connectivity index (χ2n) is 5.12. The van der Waals surface area contributed by atoms with Crippen LogP contribution in [0.5, 0.6) is 5.75 Å². The Morgan fingerprint density at radius 2 is 1.94 bits per heavy atom. The molecule has 1 rings (SSSR count). The minimum absolute atomic E-state index is 0.152. The van der Waals surface area contributed by atoms with Gasteiger partial charge < -0.3 is 4.74 Å². The number of nitrogens with zero attached hydrogens (tertiary/aromatic N) is 1. The van der Waals surface area contributed by atoms with Crippen molar-refractivity contribution >= 4 is 5.78 Å². The van der Waals surface area contributed by atoms with Gasteiger partial charge in [0, 0.05) is 6.42 Å². The van der Waals surface area contributed by atoms with E-state index in [9.17, 15) is 4.79 Å². The highest BCUT2D eigenvalue weighted by molar-refractivity contribution is 5.78. The highest BCUT2D eigenvalue weighted by Crippen LogP contribution is 2.20. The average Bonchev–Trinajstić information content (AvgIpc) is 2.30. The molecule has 0 saturated heterocycles. The highest BCUT2D eigenvalue weighted by Gasteiger charge is 2.16. The molecule has 0 saturated carbocycles. The first-order chi connectivity index (χ1) is 8.43. The molecule has 1 aromatic rings. The summed E-state index contributed by atoms with van der Waals surface area (Å²) in [5.41, 5.74) is 0.640. The van der Waals surface area contributed by atoms with Gasteiger partial charge in [0.25, 0.3) is 0 Å². The minimum Gasteiger partial charge on any atom is -0.494 e. The Hall–Kier alpha value is -1.82. The van der Waals surface area contributed by atoms with Crippen LogP contribution in [0.1, 0.15) is 32.8 Å². The van der Waals surface area contributed by atoms with Gasteiger partial charge in [0.05, 0.1) is 18.1 Å². The maximum absolute atomic E-state index is 11.0. The van der Waals surface area contributed by atoms with Crippen LogP contribution in [0.4, 0.5) is 0 Å². The Balaban J connectivity index is 2.45. The molecule has 0 radical (unpaired) electrons. The Kier molecular flexibility index (Phi) is 4.91. The van der Waals surface area contributed by atoms with E-state index in [2.05, 4.69) is 6.07 Å². The van der Waals surface area contributed by atoms with Crippen molar-refractivity contribution in [3.63, 3.8) is 0 Å². The summed E-state index contributed by atoms with van der Waals surface area (Å²) in [5.74, 6) is 0.926. The number of benzene rings is 1. The van der Waals surface area contributed by atoms with Gasteiger partial charge in [-0.05, 0) is 44.9 Å². The fraction of sp³-hybridized carbons (Fsp3) is 0.467. The molecule has 0 heterocycles. The Labute approximate surface area is 108 Å². The standard InChI is InChI=1S/C15H19NO2/c1-12(17)10-13-4-6-14(7-5-13)18-9-8-15(2,3)11-16/h4-7H,8-10H2,1-3H3. The zero-order valence-electron chi connectivity index (χ0n) is 11.2. The average molecular weight is 245 g/mol. The topological polar surface area (TPSA) is 50.1 Å². The molecule has 1 aromatic carbocycles. The van der Waals surface area contributed by atoms with Gasteiger partial charge in [-0.25, -0.2) is 0 Å². The lowest BCUT2D eigenvalue weighted by Crippen LogP contribution is -2.13. The Bertz CT molecular complexity index is 441. The second-order valence-corrected chi connectivity index (χ2v) is 5.12. The molecular formula is C15H19NO2. The predicted octanol–water partition coefficient (Wildman–Crippen LogP) is 3.14. The first-order valence-corrected chi connectivity index (χ1v) is 6.05. The summed E-state index contributed by atoms with van der Waals surface area (Å²) in [6, 6.07) is 9.75. The fourth-order valence-corrected chi connectivity index (χ4v) is 1.47. The maximum Gasteiger partial charge on any atom is 0.134 e. The Morgan fingerprint density at radius 3 is 2.44 bits per heavy atom. The van der Waals surface area contributed by atoms with Gasteiger partial charge >= 0.3 is 0 Å². The molecular weight excluding hydrogens is 226 g/mol. The van der Waals surface area contributed by atoms with E-state index in [0.29, 0.717) is 19.4 Å².